The van der Waals surface area contributed by atoms with Crippen molar-refractivity contribution < 1.29 is 4.79 Å². The lowest BCUT2D eigenvalue weighted by atomic mass is 9.98. The summed E-state index contributed by atoms with van der Waals surface area (Å²) in [6.45, 7) is 6.24. The minimum Gasteiger partial charge on any atom is -0.302 e. The number of carbonyl (C=O) groups excluding carboxylic acids is 1. The van der Waals surface area contributed by atoms with Gasteiger partial charge in [-0.05, 0) is 49.6 Å². The third-order valence-electron chi connectivity index (χ3n) is 4.05. The van der Waals surface area contributed by atoms with Crippen LogP contribution < -0.4 is 5.32 Å². The van der Waals surface area contributed by atoms with E-state index in [1.807, 2.05) is 5.38 Å². The van der Waals surface area contributed by atoms with Gasteiger partial charge in [-0.25, -0.2) is 4.98 Å². The Hall–Kier alpha value is -1.88. The molecule has 0 unspecified atom stereocenters. The summed E-state index contributed by atoms with van der Waals surface area (Å²) in [5, 5.41) is 6.43. The Morgan fingerprint density at radius 3 is 2.46 bits per heavy atom. The number of carbonyl (C=O) groups is 1. The van der Waals surface area contributed by atoms with Gasteiger partial charge in [-0.1, -0.05) is 47.0 Å². The second kappa shape index (κ2) is 7.78. The maximum absolute atomic E-state index is 12.3. The lowest BCUT2D eigenvalue weighted by Crippen LogP contribution is -2.14. The molecule has 0 atom stereocenters. The van der Waals surface area contributed by atoms with Crippen molar-refractivity contribution in [3.8, 4) is 11.3 Å². The third kappa shape index (κ3) is 4.26. The van der Waals surface area contributed by atoms with Crippen molar-refractivity contribution in [3.05, 3.63) is 68.0 Å². The van der Waals surface area contributed by atoms with E-state index in [0.29, 0.717) is 15.2 Å². The molecule has 0 aliphatic carbocycles. The summed E-state index contributed by atoms with van der Waals surface area (Å²) in [5.41, 5.74) is 6.32. The minimum absolute atomic E-state index is 0.160. The topological polar surface area (TPSA) is 42.0 Å². The number of nitrogens with one attached hydrogen (secondary N) is 1. The van der Waals surface area contributed by atoms with Crippen LogP contribution in [0.15, 0.2) is 35.7 Å². The Morgan fingerprint density at radius 1 is 1.12 bits per heavy atom. The Bertz CT molecular complexity index is 959. The molecule has 1 heterocycles. The number of hydrogen-bond acceptors (Lipinski definition) is 3. The van der Waals surface area contributed by atoms with Crippen molar-refractivity contribution >= 4 is 45.6 Å². The van der Waals surface area contributed by atoms with E-state index in [4.69, 9.17) is 23.2 Å². The standard InChI is InChI=1S/C20H18Cl2N2OS/c1-11-6-12(2)19(13(3)7-11)17-10-26-20(23-17)24-18(25)8-14-4-5-15(21)9-16(14)22/h4-7,9-10H,8H2,1-3H3,(H,23,24,25). The fourth-order valence-corrected chi connectivity index (χ4v) is 4.22. The average Bonchev–Trinajstić information content (AvgIpc) is 2.97. The van der Waals surface area contributed by atoms with Crippen LogP contribution in [0.3, 0.4) is 0 Å². The molecule has 0 saturated heterocycles. The third-order valence-corrected chi connectivity index (χ3v) is 5.39. The zero-order valence-electron chi connectivity index (χ0n) is 14.7. The molecule has 1 aromatic heterocycles. The highest BCUT2D eigenvalue weighted by molar-refractivity contribution is 7.14. The van der Waals surface area contributed by atoms with Crippen molar-refractivity contribution in [2.75, 3.05) is 5.32 Å². The van der Waals surface area contributed by atoms with E-state index in [1.165, 1.54) is 28.0 Å². The largest absolute Gasteiger partial charge is 0.302 e. The van der Waals surface area contributed by atoms with Crippen LogP contribution in [0.4, 0.5) is 5.13 Å². The highest BCUT2D eigenvalue weighted by Gasteiger charge is 2.13. The Morgan fingerprint density at radius 2 is 1.81 bits per heavy atom. The summed E-state index contributed by atoms with van der Waals surface area (Å²) < 4.78 is 0. The maximum Gasteiger partial charge on any atom is 0.230 e. The second-order valence-corrected chi connectivity index (χ2v) is 7.97. The van der Waals surface area contributed by atoms with Gasteiger partial charge in [0, 0.05) is 21.0 Å². The number of aryl methyl sites for hydroxylation is 3. The SMILES string of the molecule is Cc1cc(C)c(-c2csc(NC(=O)Cc3ccc(Cl)cc3Cl)n2)c(C)c1. The molecule has 2 aromatic carbocycles. The van der Waals surface area contributed by atoms with Gasteiger partial charge in [0.1, 0.15) is 0 Å². The summed E-state index contributed by atoms with van der Waals surface area (Å²) in [5.74, 6) is -0.160. The molecule has 1 N–H and O–H groups in total. The van der Waals surface area contributed by atoms with E-state index in [1.54, 1.807) is 18.2 Å². The number of hydrogen-bond donors (Lipinski definition) is 1. The van der Waals surface area contributed by atoms with Gasteiger partial charge in [0.25, 0.3) is 0 Å². The van der Waals surface area contributed by atoms with Crippen LogP contribution >= 0.6 is 34.5 Å². The highest BCUT2D eigenvalue weighted by Crippen LogP contribution is 2.31. The van der Waals surface area contributed by atoms with Gasteiger partial charge >= 0.3 is 0 Å². The van der Waals surface area contributed by atoms with Crippen molar-refractivity contribution in [2.24, 2.45) is 0 Å². The predicted molar refractivity (Wildman–Crippen MR) is 111 cm³/mol. The van der Waals surface area contributed by atoms with Crippen LogP contribution in [0.25, 0.3) is 11.3 Å². The maximum atomic E-state index is 12.3. The first-order valence-electron chi connectivity index (χ1n) is 8.11. The molecule has 3 rings (SSSR count). The van der Waals surface area contributed by atoms with Crippen molar-refractivity contribution in [2.45, 2.75) is 27.2 Å². The number of halogens is 2. The van der Waals surface area contributed by atoms with E-state index in [2.05, 4.69) is 43.2 Å². The summed E-state index contributed by atoms with van der Waals surface area (Å²) in [7, 11) is 0. The first-order chi connectivity index (χ1) is 12.3. The van der Waals surface area contributed by atoms with Gasteiger partial charge in [0.05, 0.1) is 12.1 Å². The quantitative estimate of drug-likeness (QED) is 0.560. The van der Waals surface area contributed by atoms with Crippen LogP contribution in [0, 0.1) is 20.8 Å². The molecule has 6 heteroatoms. The number of anilines is 1. The molecular weight excluding hydrogens is 387 g/mol. The van der Waals surface area contributed by atoms with Crippen LogP contribution in [-0.4, -0.2) is 10.9 Å². The minimum atomic E-state index is -0.160. The van der Waals surface area contributed by atoms with E-state index < -0.39 is 0 Å². The lowest BCUT2D eigenvalue weighted by Gasteiger charge is -2.09. The molecule has 26 heavy (non-hydrogen) atoms. The predicted octanol–water partition coefficient (Wildman–Crippen LogP) is 6.22. The molecule has 0 spiro atoms. The Labute approximate surface area is 167 Å². The molecule has 0 aliphatic rings. The van der Waals surface area contributed by atoms with E-state index in [0.717, 1.165) is 16.8 Å². The first-order valence-corrected chi connectivity index (χ1v) is 9.74. The Kier molecular flexibility index (Phi) is 5.66. The molecule has 1 amide bonds. The van der Waals surface area contributed by atoms with Crippen LogP contribution in [-0.2, 0) is 11.2 Å². The molecule has 134 valence electrons. The zero-order valence-corrected chi connectivity index (χ0v) is 17.0. The summed E-state index contributed by atoms with van der Waals surface area (Å²) in [4.78, 5) is 16.9. The van der Waals surface area contributed by atoms with Crippen LogP contribution in [0.5, 0.6) is 0 Å². The van der Waals surface area contributed by atoms with E-state index >= 15 is 0 Å². The summed E-state index contributed by atoms with van der Waals surface area (Å²) in [6.07, 6.45) is 0.174. The smallest absolute Gasteiger partial charge is 0.230 e. The van der Waals surface area contributed by atoms with Gasteiger partial charge in [-0.3, -0.25) is 4.79 Å². The highest BCUT2D eigenvalue weighted by atomic mass is 35.5. The van der Waals surface area contributed by atoms with E-state index in [-0.39, 0.29) is 12.3 Å². The normalized spacial score (nSPS) is 10.8. The number of benzene rings is 2. The molecule has 0 saturated carbocycles. The fourth-order valence-electron chi connectivity index (χ4n) is 3.03. The van der Waals surface area contributed by atoms with Gasteiger partial charge in [-0.2, -0.15) is 0 Å². The summed E-state index contributed by atoms with van der Waals surface area (Å²) >= 11 is 13.4. The van der Waals surface area contributed by atoms with Gasteiger partial charge in [-0.15, -0.1) is 11.3 Å². The first kappa shape index (κ1) is 18.9. The van der Waals surface area contributed by atoms with Crippen LogP contribution in [0.2, 0.25) is 10.0 Å². The lowest BCUT2D eigenvalue weighted by molar-refractivity contribution is -0.115. The molecule has 3 aromatic rings. The molecule has 0 fully saturated rings. The second-order valence-electron chi connectivity index (χ2n) is 6.27. The monoisotopic (exact) mass is 404 g/mol. The fraction of sp³-hybridized carbons (Fsp3) is 0.200. The van der Waals surface area contributed by atoms with Gasteiger partial charge in [0.2, 0.25) is 5.91 Å². The van der Waals surface area contributed by atoms with Gasteiger partial charge in [0.15, 0.2) is 5.13 Å². The van der Waals surface area contributed by atoms with Gasteiger partial charge < -0.3 is 5.32 Å². The summed E-state index contributed by atoms with van der Waals surface area (Å²) in [6, 6.07) is 9.40. The molecular formula is C20H18Cl2N2OS. The molecule has 0 radical (unpaired) electrons. The number of nitrogens with zero attached hydrogens (tertiary/aromatic N) is 1. The number of aromatic nitrogens is 1. The van der Waals surface area contributed by atoms with Crippen LogP contribution in [0.1, 0.15) is 22.3 Å². The Balaban J connectivity index is 1.75. The number of thiazole rings is 1. The zero-order chi connectivity index (χ0) is 18.8. The number of amides is 1. The van der Waals surface area contributed by atoms with Crippen molar-refractivity contribution in [1.29, 1.82) is 0 Å². The van der Waals surface area contributed by atoms with E-state index in [9.17, 15) is 4.79 Å². The molecule has 0 bridgehead atoms. The molecule has 3 nitrogen and oxygen atoms in total. The molecule has 0 aliphatic heterocycles. The average molecular weight is 405 g/mol. The van der Waals surface area contributed by atoms with Crippen molar-refractivity contribution in [1.82, 2.24) is 4.98 Å². The van der Waals surface area contributed by atoms with Crippen molar-refractivity contribution in [3.63, 3.8) is 0 Å². The number of rotatable bonds is 4.